The van der Waals surface area contributed by atoms with Crippen molar-refractivity contribution in [2.75, 3.05) is 6.54 Å². The number of carbonyl (C=O) groups excluding carboxylic acids is 3. The number of Topliss-reactive ketones (excluding diaryl/α,β-unsaturated/α-hetero) is 1. The lowest BCUT2D eigenvalue weighted by molar-refractivity contribution is -0.140. The molecule has 0 saturated heterocycles. The minimum Gasteiger partial charge on any atom is -0.361 e. The Kier molecular flexibility index (Phi) is 6.86. The Balaban J connectivity index is 1.82. The molecule has 0 fully saturated rings. The number of hydrogen-bond donors (Lipinski definition) is 3. The molecule has 0 saturated carbocycles. The molecule has 0 bridgehead atoms. The zero-order chi connectivity index (χ0) is 22.6. The fraction of sp³-hybridized carbons (Fsp3) is 0.400. The van der Waals surface area contributed by atoms with Crippen LogP contribution >= 0.6 is 0 Å². The topological polar surface area (TPSA) is 147 Å². The van der Waals surface area contributed by atoms with E-state index in [2.05, 4.69) is 20.5 Å². The molecule has 0 spiro atoms. The molecule has 2 heterocycles. The first-order valence-corrected chi connectivity index (χ1v) is 11.3. The summed E-state index contributed by atoms with van der Waals surface area (Å²) in [5.41, 5.74) is 0.722. The maximum atomic E-state index is 13.0. The number of carbonyl (C=O) groups is 3. The molecule has 0 radical (unpaired) electrons. The fourth-order valence-corrected chi connectivity index (χ4v) is 4.56. The van der Waals surface area contributed by atoms with E-state index in [0.29, 0.717) is 12.2 Å². The molecular formula is C20H24N4O6S. The maximum absolute atomic E-state index is 13.0. The molecule has 31 heavy (non-hydrogen) atoms. The third-order valence-corrected chi connectivity index (χ3v) is 6.40. The Morgan fingerprint density at radius 2 is 1.94 bits per heavy atom. The van der Waals surface area contributed by atoms with Crippen LogP contribution in [0.3, 0.4) is 0 Å². The largest absolute Gasteiger partial charge is 0.361 e. The van der Waals surface area contributed by atoms with Gasteiger partial charge in [-0.2, -0.15) is 4.72 Å². The Hall–Kier alpha value is -3.05. The van der Waals surface area contributed by atoms with Crippen molar-refractivity contribution in [3.8, 4) is 0 Å². The molecule has 11 heteroatoms. The second-order valence-corrected chi connectivity index (χ2v) is 9.28. The van der Waals surface area contributed by atoms with E-state index < -0.39 is 45.6 Å². The lowest BCUT2D eigenvalue weighted by Crippen LogP contribution is -2.55. The summed E-state index contributed by atoms with van der Waals surface area (Å²) >= 11 is 0. The van der Waals surface area contributed by atoms with Crippen LogP contribution in [0.25, 0.3) is 0 Å². The monoisotopic (exact) mass is 448 g/mol. The summed E-state index contributed by atoms with van der Waals surface area (Å²) in [7, 11) is -3.98. The van der Waals surface area contributed by atoms with Gasteiger partial charge in [0.1, 0.15) is 17.8 Å². The Labute approximate surface area is 179 Å². The van der Waals surface area contributed by atoms with Gasteiger partial charge < -0.3 is 15.2 Å². The molecule has 2 atom stereocenters. The van der Waals surface area contributed by atoms with Crippen molar-refractivity contribution >= 4 is 27.6 Å². The van der Waals surface area contributed by atoms with Gasteiger partial charge in [-0.25, -0.2) is 8.42 Å². The Morgan fingerprint density at radius 3 is 2.61 bits per heavy atom. The molecule has 1 aromatic heterocycles. The first-order valence-electron chi connectivity index (χ1n) is 9.81. The number of benzene rings is 1. The number of nitrogens with one attached hydrogen (secondary N) is 3. The van der Waals surface area contributed by atoms with Crippen LogP contribution in [0, 0.1) is 5.92 Å². The third kappa shape index (κ3) is 5.36. The van der Waals surface area contributed by atoms with Crippen LogP contribution in [0.15, 0.2) is 45.9 Å². The summed E-state index contributed by atoms with van der Waals surface area (Å²) in [5, 5.41) is 8.73. The zero-order valence-corrected chi connectivity index (χ0v) is 17.9. The first kappa shape index (κ1) is 22.6. The van der Waals surface area contributed by atoms with Crippen molar-refractivity contribution in [2.24, 2.45) is 5.92 Å². The van der Waals surface area contributed by atoms with Gasteiger partial charge in [-0.1, -0.05) is 37.2 Å². The highest BCUT2D eigenvalue weighted by atomic mass is 32.2. The van der Waals surface area contributed by atoms with Gasteiger partial charge in [-0.15, -0.1) is 0 Å². The van der Waals surface area contributed by atoms with Gasteiger partial charge >= 0.3 is 0 Å². The second kappa shape index (κ2) is 9.40. The second-order valence-electron chi connectivity index (χ2n) is 7.57. The Bertz CT molecular complexity index is 1060. The van der Waals surface area contributed by atoms with Crippen LogP contribution in [0.4, 0.5) is 0 Å². The summed E-state index contributed by atoms with van der Waals surface area (Å²) in [5.74, 6) is -2.43. The van der Waals surface area contributed by atoms with Crippen LogP contribution in [0.1, 0.15) is 25.2 Å². The molecule has 1 aliphatic heterocycles. The predicted octanol–water partition coefficient (Wildman–Crippen LogP) is -0.0536. The molecule has 2 amide bonds. The van der Waals surface area contributed by atoms with Gasteiger partial charge in [-0.05, 0) is 24.5 Å². The van der Waals surface area contributed by atoms with Gasteiger partial charge in [0.15, 0.2) is 0 Å². The van der Waals surface area contributed by atoms with E-state index in [4.69, 9.17) is 4.52 Å². The number of rotatable bonds is 6. The highest BCUT2D eigenvalue weighted by Crippen LogP contribution is 2.15. The maximum Gasteiger partial charge on any atom is 0.289 e. The van der Waals surface area contributed by atoms with Gasteiger partial charge in [-0.3, -0.25) is 14.4 Å². The molecule has 0 aliphatic carbocycles. The van der Waals surface area contributed by atoms with E-state index in [9.17, 15) is 22.8 Å². The molecule has 2 aromatic rings. The van der Waals surface area contributed by atoms with Crippen molar-refractivity contribution in [3.05, 3.63) is 47.9 Å². The summed E-state index contributed by atoms with van der Waals surface area (Å²) in [6.07, 6.45) is 1.87. The van der Waals surface area contributed by atoms with E-state index in [0.717, 1.165) is 5.56 Å². The smallest absolute Gasteiger partial charge is 0.289 e. The quantitative estimate of drug-likeness (QED) is 0.525. The highest BCUT2D eigenvalue weighted by molar-refractivity contribution is 7.89. The number of aromatic nitrogens is 1. The fourth-order valence-electron chi connectivity index (χ4n) is 3.20. The molecule has 10 nitrogen and oxygen atoms in total. The van der Waals surface area contributed by atoms with E-state index in [1.54, 1.807) is 32.0 Å². The highest BCUT2D eigenvalue weighted by Gasteiger charge is 2.34. The van der Waals surface area contributed by atoms with Gasteiger partial charge in [0.05, 0.1) is 11.1 Å². The van der Waals surface area contributed by atoms with Crippen LogP contribution in [0.5, 0.6) is 0 Å². The molecule has 3 N–H and O–H groups in total. The molecule has 1 aliphatic rings. The number of fused-ring (bicyclic) bond motifs is 1. The van der Waals surface area contributed by atoms with E-state index in [-0.39, 0.29) is 17.9 Å². The summed E-state index contributed by atoms with van der Waals surface area (Å²) in [6.45, 7) is 3.57. The van der Waals surface area contributed by atoms with E-state index >= 15 is 0 Å². The average molecular weight is 449 g/mol. The van der Waals surface area contributed by atoms with Crippen molar-refractivity contribution in [1.82, 2.24) is 20.5 Å². The summed E-state index contributed by atoms with van der Waals surface area (Å²) in [4.78, 5) is 37.7. The number of sulfonamides is 1. The van der Waals surface area contributed by atoms with Gasteiger partial charge in [0.25, 0.3) is 5.91 Å². The van der Waals surface area contributed by atoms with Gasteiger partial charge in [0.2, 0.25) is 21.7 Å². The number of nitrogens with zero attached hydrogens (tertiary/aromatic N) is 1. The predicted molar refractivity (Wildman–Crippen MR) is 109 cm³/mol. The van der Waals surface area contributed by atoms with E-state index in [1.807, 2.05) is 0 Å². The lowest BCUT2D eigenvalue weighted by atomic mass is 10.0. The molecule has 1 aromatic carbocycles. The van der Waals surface area contributed by atoms with Crippen LogP contribution in [-0.2, 0) is 37.2 Å². The molecule has 3 rings (SSSR count). The summed E-state index contributed by atoms with van der Waals surface area (Å²) < 4.78 is 33.0. The standard InChI is InChI=1S/C20H24N4O6S/c1-12(2)17(24-31(28,29)14-6-4-3-5-7-14)19(26)23-15-10-16-13(11-22-30-16)8-9-21-20(27)18(15)25/h3-7,11-12,15,17,24H,8-10H2,1-2H3,(H,21,27)(H,23,26). The first-order chi connectivity index (χ1) is 14.7. The van der Waals surface area contributed by atoms with Crippen molar-refractivity contribution in [1.29, 1.82) is 0 Å². The summed E-state index contributed by atoms with van der Waals surface area (Å²) in [6, 6.07) is 5.26. The average Bonchev–Trinajstić information content (AvgIpc) is 3.18. The third-order valence-electron chi connectivity index (χ3n) is 4.94. The van der Waals surface area contributed by atoms with Crippen LogP contribution < -0.4 is 15.4 Å². The van der Waals surface area contributed by atoms with E-state index in [1.165, 1.54) is 18.3 Å². The number of hydrogen-bond acceptors (Lipinski definition) is 7. The normalized spacial score (nSPS) is 18.4. The number of amides is 2. The van der Waals surface area contributed by atoms with Crippen LogP contribution in [-0.4, -0.2) is 49.8 Å². The van der Waals surface area contributed by atoms with Crippen molar-refractivity contribution in [2.45, 2.75) is 43.7 Å². The van der Waals surface area contributed by atoms with Gasteiger partial charge in [0, 0.05) is 18.5 Å². The molecular weight excluding hydrogens is 424 g/mol. The molecule has 166 valence electrons. The molecule has 2 unspecified atom stereocenters. The van der Waals surface area contributed by atoms with Crippen molar-refractivity contribution in [3.63, 3.8) is 0 Å². The lowest BCUT2D eigenvalue weighted by Gasteiger charge is -2.24. The van der Waals surface area contributed by atoms with Crippen LogP contribution in [0.2, 0.25) is 0 Å². The minimum absolute atomic E-state index is 0.0117. The SMILES string of the molecule is CC(C)C(NS(=O)(=O)c1ccccc1)C(=O)NC1Cc2oncc2CCNC(=O)C1=O. The number of ketones is 1. The minimum atomic E-state index is -3.98. The zero-order valence-electron chi connectivity index (χ0n) is 17.1. The Morgan fingerprint density at radius 1 is 1.23 bits per heavy atom. The van der Waals surface area contributed by atoms with Crippen molar-refractivity contribution < 1.29 is 27.3 Å².